The van der Waals surface area contributed by atoms with Gasteiger partial charge in [0.15, 0.2) is 0 Å². The molecule has 0 aliphatic carbocycles. The van der Waals surface area contributed by atoms with Crippen LogP contribution in [0.4, 0.5) is 0 Å². The Kier molecular flexibility index (Phi) is 21.6. The van der Waals surface area contributed by atoms with E-state index in [0.717, 1.165) is 0 Å². The minimum atomic E-state index is 0. The van der Waals surface area contributed by atoms with Gasteiger partial charge in [0.05, 0.1) is 0 Å². The topological polar surface area (TPSA) is 40.5 Å². The van der Waals surface area contributed by atoms with E-state index in [1.807, 2.05) is 12.1 Å². The van der Waals surface area contributed by atoms with E-state index in [0.29, 0.717) is 11.5 Å². The van der Waals surface area contributed by atoms with Gasteiger partial charge in [-0.3, -0.25) is 6.58 Å². The van der Waals surface area contributed by atoms with E-state index in [2.05, 4.69) is 98.1 Å². The van der Waals surface area contributed by atoms with Gasteiger partial charge in [0, 0.05) is 0 Å². The molecule has 0 heterocycles. The van der Waals surface area contributed by atoms with Crippen molar-refractivity contribution in [3.63, 3.8) is 0 Å². The van der Waals surface area contributed by atoms with Crippen LogP contribution in [-0.2, 0) is 26.2 Å². The number of hydrogen-bond acceptors (Lipinski definition) is 2. The van der Waals surface area contributed by atoms with Gasteiger partial charge in [-0.05, 0) is 24.3 Å². The Morgan fingerprint density at radius 1 is 0.459 bits per heavy atom. The van der Waals surface area contributed by atoms with Crippen molar-refractivity contribution in [1.82, 2.24) is 0 Å². The van der Waals surface area contributed by atoms with Gasteiger partial charge in [-0.1, -0.05) is 48.5 Å². The molecule has 0 fully saturated rings. The zero-order valence-corrected chi connectivity index (χ0v) is 24.4. The predicted molar refractivity (Wildman–Crippen MR) is 160 cm³/mol. The number of hydrogen-bond donors (Lipinski definition) is 2. The Balaban J connectivity index is 0. The average Bonchev–Trinajstić information content (AvgIpc) is 3.57. The molecule has 5 heteroatoms. The number of halogens is 2. The molecule has 0 spiro atoms. The van der Waals surface area contributed by atoms with Crippen molar-refractivity contribution in [3.8, 4) is 11.5 Å². The van der Waals surface area contributed by atoms with Crippen molar-refractivity contribution in [2.75, 3.05) is 0 Å². The van der Waals surface area contributed by atoms with E-state index < -0.39 is 0 Å². The Morgan fingerprint density at radius 2 is 0.757 bits per heavy atom. The zero-order valence-electron chi connectivity index (χ0n) is 20.4. The van der Waals surface area contributed by atoms with Gasteiger partial charge in [0.1, 0.15) is 11.5 Å². The number of phenols is 2. The number of benzene rings is 4. The summed E-state index contributed by atoms with van der Waals surface area (Å²) in [6.07, 6.45) is 0. The number of para-hydroxylation sites is 2. The van der Waals surface area contributed by atoms with Crippen LogP contribution in [0.15, 0.2) is 152 Å². The fourth-order valence-corrected chi connectivity index (χ4v) is 3.00. The smallest absolute Gasteiger partial charge is 0.521 e. The first kappa shape index (κ1) is 36.1. The Labute approximate surface area is 251 Å². The summed E-state index contributed by atoms with van der Waals surface area (Å²) in [4.78, 5) is 0. The first-order chi connectivity index (χ1) is 16.7. The molecule has 0 aliphatic heterocycles. The first-order valence-electron chi connectivity index (χ1n) is 10.8. The SMILES string of the molecule is Cl.Cl.Oc1ccccc1.Oc1ccccc1.[CH-]=C.[Zr+3].c1ccc2[cH-]ccc2c1.c1ccc2[cH-]ccc2c1. The van der Waals surface area contributed by atoms with Crippen LogP contribution in [0.5, 0.6) is 11.5 Å². The molecule has 0 aromatic heterocycles. The van der Waals surface area contributed by atoms with E-state index in [4.69, 9.17) is 10.2 Å². The van der Waals surface area contributed by atoms with Gasteiger partial charge < -0.3 is 16.8 Å². The van der Waals surface area contributed by atoms with Crippen LogP contribution in [0.3, 0.4) is 0 Å². The van der Waals surface area contributed by atoms with E-state index in [9.17, 15) is 0 Å². The first-order valence-corrected chi connectivity index (χ1v) is 10.8. The molecule has 6 rings (SSSR count). The molecule has 0 aliphatic rings. The van der Waals surface area contributed by atoms with E-state index in [1.54, 1.807) is 48.5 Å². The number of fused-ring (bicyclic) bond motifs is 2. The molecule has 2 N–H and O–H groups in total. The maximum absolute atomic E-state index is 8.63. The van der Waals surface area contributed by atoms with E-state index in [1.165, 1.54) is 21.5 Å². The van der Waals surface area contributed by atoms with Crippen molar-refractivity contribution in [2.24, 2.45) is 0 Å². The van der Waals surface area contributed by atoms with E-state index >= 15 is 0 Å². The Bertz CT molecular complexity index is 1150. The van der Waals surface area contributed by atoms with Crippen molar-refractivity contribution >= 4 is 46.4 Å². The molecule has 2 nitrogen and oxygen atoms in total. The van der Waals surface area contributed by atoms with Gasteiger partial charge in [-0.15, -0.1) is 84.1 Å². The van der Waals surface area contributed by atoms with Crippen molar-refractivity contribution in [2.45, 2.75) is 0 Å². The van der Waals surface area contributed by atoms with Crippen LogP contribution in [0.2, 0.25) is 0 Å². The summed E-state index contributed by atoms with van der Waals surface area (Å²) in [5.41, 5.74) is 0. The summed E-state index contributed by atoms with van der Waals surface area (Å²) in [6.45, 7) is 7.00. The third kappa shape index (κ3) is 14.3. The van der Waals surface area contributed by atoms with Crippen LogP contribution in [0, 0.1) is 6.58 Å². The summed E-state index contributed by atoms with van der Waals surface area (Å²) in [7, 11) is 0. The second-order valence-electron chi connectivity index (χ2n) is 6.98. The molecular weight excluding hydrogens is 578 g/mol. The van der Waals surface area contributed by atoms with Crippen molar-refractivity contribution in [3.05, 3.63) is 159 Å². The molecule has 37 heavy (non-hydrogen) atoms. The van der Waals surface area contributed by atoms with Crippen LogP contribution < -0.4 is 0 Å². The third-order valence-electron chi connectivity index (χ3n) is 4.61. The molecule has 0 atom stereocenters. The summed E-state index contributed by atoms with van der Waals surface area (Å²) in [5.74, 6) is 0.644. The summed E-state index contributed by atoms with van der Waals surface area (Å²) >= 11 is 0. The fraction of sp³-hybridized carbons (Fsp3) is 0. The second-order valence-corrected chi connectivity index (χ2v) is 6.98. The van der Waals surface area contributed by atoms with Gasteiger partial charge >= 0.3 is 26.2 Å². The quantitative estimate of drug-likeness (QED) is 0.169. The number of aromatic hydroxyl groups is 2. The maximum Gasteiger partial charge on any atom is 3.00 e. The van der Waals surface area contributed by atoms with Crippen LogP contribution >= 0.6 is 24.8 Å². The maximum atomic E-state index is 8.63. The third-order valence-corrected chi connectivity index (χ3v) is 4.61. The summed E-state index contributed by atoms with van der Waals surface area (Å²) in [5, 5.41) is 22.6. The standard InChI is InChI=1S/2C9H7.2C6H6O.C2H3.2ClH.Zr/c2*1-2-5-9-7-3-6-8(9)4-1;2*7-6-4-2-1-3-5-6;1-2;;;/h2*1-7H;2*1-5,7H;1H,2H2;2*1H;/q2*-1;;;-1;;;+3. The van der Waals surface area contributed by atoms with Crippen LogP contribution in [0.25, 0.3) is 21.5 Å². The van der Waals surface area contributed by atoms with Gasteiger partial charge in [0.25, 0.3) is 0 Å². The molecule has 0 amide bonds. The fourth-order valence-electron chi connectivity index (χ4n) is 3.00. The van der Waals surface area contributed by atoms with Gasteiger partial charge in [0.2, 0.25) is 0 Å². The van der Waals surface area contributed by atoms with Crippen molar-refractivity contribution in [1.29, 1.82) is 0 Å². The molecule has 0 unspecified atom stereocenters. The molecule has 6 aromatic rings. The second kappa shape index (κ2) is 22.1. The monoisotopic (exact) mass is 607 g/mol. The van der Waals surface area contributed by atoms with Crippen LogP contribution in [0.1, 0.15) is 0 Å². The molecule has 1 radical (unpaired) electrons. The molecule has 6 aromatic carbocycles. The zero-order chi connectivity index (χ0) is 24.4. The Morgan fingerprint density at radius 3 is 1.03 bits per heavy atom. The number of phenolic OH excluding ortho intramolecular Hbond substituents is 2. The predicted octanol–water partition coefficient (Wildman–Crippen LogP) is 9.35. The van der Waals surface area contributed by atoms with E-state index in [-0.39, 0.29) is 51.0 Å². The van der Waals surface area contributed by atoms with Crippen LogP contribution in [-0.4, -0.2) is 10.2 Å². The number of rotatable bonds is 0. The van der Waals surface area contributed by atoms with Crippen molar-refractivity contribution < 1.29 is 36.4 Å². The van der Waals surface area contributed by atoms with Gasteiger partial charge in [-0.2, -0.15) is 35.0 Å². The summed E-state index contributed by atoms with van der Waals surface area (Å²) in [6, 6.07) is 46.8. The normalized spacial score (nSPS) is 8.32. The minimum absolute atomic E-state index is 0. The van der Waals surface area contributed by atoms with Gasteiger partial charge in [-0.25, -0.2) is 0 Å². The largest absolute Gasteiger partial charge is 3.00 e. The minimum Gasteiger partial charge on any atom is -0.521 e. The molecular formula is C32H31Cl2O2Zr. The molecule has 0 saturated carbocycles. The molecule has 0 bridgehead atoms. The molecule has 189 valence electrons. The average molecular weight is 610 g/mol. The molecule has 0 saturated heterocycles. The Hall–Kier alpha value is -3.10. The summed E-state index contributed by atoms with van der Waals surface area (Å²) < 4.78 is 0.